The number of esters is 1. The molecular formula is C6H11ClF3NO2. The molecule has 1 unspecified atom stereocenters. The van der Waals surface area contributed by atoms with E-state index in [-0.39, 0.29) is 19.0 Å². The second kappa shape index (κ2) is 6.04. The molecule has 0 spiro atoms. The molecule has 80 valence electrons. The molecule has 0 aromatic carbocycles. The van der Waals surface area contributed by atoms with Gasteiger partial charge in [-0.2, -0.15) is 13.2 Å². The van der Waals surface area contributed by atoms with Gasteiger partial charge >= 0.3 is 12.1 Å². The van der Waals surface area contributed by atoms with E-state index < -0.39 is 24.6 Å². The molecule has 0 aliphatic rings. The molecular weight excluding hydrogens is 211 g/mol. The zero-order chi connectivity index (χ0) is 9.78. The Morgan fingerprint density at radius 3 is 2.31 bits per heavy atom. The first kappa shape index (κ1) is 15.0. The van der Waals surface area contributed by atoms with Gasteiger partial charge in [0.1, 0.15) is 6.04 Å². The lowest BCUT2D eigenvalue weighted by molar-refractivity contribution is -0.160. The molecule has 2 N–H and O–H groups in total. The summed E-state index contributed by atoms with van der Waals surface area (Å²) in [6, 6.07) is -1.61. The Bertz CT molecular complexity index is 162. The van der Waals surface area contributed by atoms with Gasteiger partial charge in [-0.15, -0.1) is 12.4 Å². The Labute approximate surface area is 79.8 Å². The summed E-state index contributed by atoms with van der Waals surface area (Å²) in [6.45, 7) is 1.53. The van der Waals surface area contributed by atoms with Gasteiger partial charge in [-0.05, 0) is 6.92 Å². The fourth-order valence-electron chi connectivity index (χ4n) is 0.582. The highest BCUT2D eigenvalue weighted by Gasteiger charge is 2.33. The maximum absolute atomic E-state index is 11.6. The maximum atomic E-state index is 11.6. The van der Waals surface area contributed by atoms with Crippen molar-refractivity contribution in [2.75, 3.05) is 6.61 Å². The second-order valence-corrected chi connectivity index (χ2v) is 2.18. The van der Waals surface area contributed by atoms with Crippen molar-refractivity contribution in [1.29, 1.82) is 0 Å². The van der Waals surface area contributed by atoms with E-state index in [1.807, 2.05) is 0 Å². The summed E-state index contributed by atoms with van der Waals surface area (Å²) >= 11 is 0. The minimum atomic E-state index is -4.42. The summed E-state index contributed by atoms with van der Waals surface area (Å²) in [5.74, 6) is -1.02. The fourth-order valence-corrected chi connectivity index (χ4v) is 0.582. The Hall–Kier alpha value is -0.490. The van der Waals surface area contributed by atoms with Crippen LogP contribution in [0, 0.1) is 0 Å². The molecule has 0 rings (SSSR count). The summed E-state index contributed by atoms with van der Waals surface area (Å²) < 4.78 is 39.1. The van der Waals surface area contributed by atoms with Crippen LogP contribution in [0.3, 0.4) is 0 Å². The van der Waals surface area contributed by atoms with Crippen molar-refractivity contribution >= 4 is 18.4 Å². The lowest BCUT2D eigenvalue weighted by atomic mass is 10.2. The van der Waals surface area contributed by atoms with E-state index in [9.17, 15) is 18.0 Å². The largest absolute Gasteiger partial charge is 0.465 e. The van der Waals surface area contributed by atoms with E-state index in [0.29, 0.717) is 0 Å². The molecule has 0 bridgehead atoms. The number of alkyl halides is 3. The number of halogens is 4. The molecule has 0 aliphatic carbocycles. The number of carbonyl (C=O) groups is 1. The molecule has 0 fully saturated rings. The minimum absolute atomic E-state index is 0. The van der Waals surface area contributed by atoms with E-state index in [0.717, 1.165) is 0 Å². The Morgan fingerprint density at radius 2 is 2.00 bits per heavy atom. The van der Waals surface area contributed by atoms with Crippen LogP contribution in [0.15, 0.2) is 0 Å². The highest BCUT2D eigenvalue weighted by Crippen LogP contribution is 2.20. The highest BCUT2D eigenvalue weighted by atomic mass is 35.5. The van der Waals surface area contributed by atoms with Crippen LogP contribution < -0.4 is 5.73 Å². The van der Waals surface area contributed by atoms with Gasteiger partial charge in [0.2, 0.25) is 0 Å². The van der Waals surface area contributed by atoms with E-state index >= 15 is 0 Å². The van der Waals surface area contributed by atoms with Crippen LogP contribution >= 0.6 is 12.4 Å². The van der Waals surface area contributed by atoms with Gasteiger partial charge in [0.15, 0.2) is 0 Å². The van der Waals surface area contributed by atoms with E-state index in [2.05, 4.69) is 4.74 Å². The average Bonchev–Trinajstić information content (AvgIpc) is 1.84. The first-order valence-corrected chi connectivity index (χ1v) is 3.35. The molecule has 0 aliphatic heterocycles. The van der Waals surface area contributed by atoms with Crippen molar-refractivity contribution in [3.63, 3.8) is 0 Å². The van der Waals surface area contributed by atoms with Crippen molar-refractivity contribution < 1.29 is 22.7 Å². The Kier molecular flexibility index (Phi) is 6.97. The number of ether oxygens (including phenoxy) is 1. The van der Waals surface area contributed by atoms with Gasteiger partial charge in [0, 0.05) is 0 Å². The molecule has 0 aromatic heterocycles. The maximum Gasteiger partial charge on any atom is 0.391 e. The van der Waals surface area contributed by atoms with Crippen LogP contribution in [0.4, 0.5) is 13.2 Å². The van der Waals surface area contributed by atoms with Gasteiger partial charge in [-0.25, -0.2) is 0 Å². The molecule has 0 saturated heterocycles. The van der Waals surface area contributed by atoms with Crippen molar-refractivity contribution in [1.82, 2.24) is 0 Å². The molecule has 3 nitrogen and oxygen atoms in total. The lowest BCUT2D eigenvalue weighted by Gasteiger charge is -2.12. The molecule has 13 heavy (non-hydrogen) atoms. The van der Waals surface area contributed by atoms with Gasteiger partial charge in [-0.3, -0.25) is 4.79 Å². The normalized spacial score (nSPS) is 13.0. The average molecular weight is 222 g/mol. The van der Waals surface area contributed by atoms with Gasteiger partial charge in [0.05, 0.1) is 13.0 Å². The smallest absolute Gasteiger partial charge is 0.391 e. The zero-order valence-corrected chi connectivity index (χ0v) is 7.74. The third-order valence-corrected chi connectivity index (χ3v) is 1.04. The fraction of sp³-hybridized carbons (Fsp3) is 0.833. The van der Waals surface area contributed by atoms with Gasteiger partial charge in [0.25, 0.3) is 0 Å². The van der Waals surface area contributed by atoms with Gasteiger partial charge < -0.3 is 10.5 Å². The first-order chi connectivity index (χ1) is 5.37. The van der Waals surface area contributed by atoms with E-state index in [1.165, 1.54) is 6.92 Å². The lowest BCUT2D eigenvalue weighted by Crippen LogP contribution is -2.36. The summed E-state index contributed by atoms with van der Waals surface area (Å²) in [6.07, 6.45) is -5.77. The van der Waals surface area contributed by atoms with Crippen molar-refractivity contribution in [2.45, 2.75) is 25.6 Å². The second-order valence-electron chi connectivity index (χ2n) is 2.18. The topological polar surface area (TPSA) is 52.3 Å². The van der Waals surface area contributed by atoms with Crippen molar-refractivity contribution in [2.24, 2.45) is 5.73 Å². The molecule has 7 heteroatoms. The summed E-state index contributed by atoms with van der Waals surface area (Å²) in [5, 5.41) is 0. The summed E-state index contributed by atoms with van der Waals surface area (Å²) in [7, 11) is 0. The summed E-state index contributed by atoms with van der Waals surface area (Å²) in [5.41, 5.74) is 4.89. The van der Waals surface area contributed by atoms with Crippen molar-refractivity contribution in [3.05, 3.63) is 0 Å². The monoisotopic (exact) mass is 221 g/mol. The predicted octanol–water partition coefficient (Wildman–Crippen LogP) is 1.25. The van der Waals surface area contributed by atoms with E-state index in [4.69, 9.17) is 5.73 Å². The predicted molar refractivity (Wildman–Crippen MR) is 42.5 cm³/mol. The standard InChI is InChI=1S/C6H10F3NO2.ClH/c1-2-12-5(11)4(10)3-6(7,8)9;/h4H,2-3,10H2,1H3;1H. The SMILES string of the molecule is CCOC(=O)C(N)CC(F)(F)F.Cl. The quantitative estimate of drug-likeness (QED) is 0.730. The van der Waals surface area contributed by atoms with Crippen molar-refractivity contribution in [3.8, 4) is 0 Å². The highest BCUT2D eigenvalue weighted by molar-refractivity contribution is 5.85. The van der Waals surface area contributed by atoms with E-state index in [1.54, 1.807) is 0 Å². The van der Waals surface area contributed by atoms with Crippen LogP contribution in [-0.4, -0.2) is 24.8 Å². The number of hydrogen-bond donors (Lipinski definition) is 1. The molecule has 0 heterocycles. The van der Waals surface area contributed by atoms with Crippen LogP contribution in [-0.2, 0) is 9.53 Å². The minimum Gasteiger partial charge on any atom is -0.465 e. The zero-order valence-electron chi connectivity index (χ0n) is 6.93. The van der Waals surface area contributed by atoms with Crippen LogP contribution in [0.25, 0.3) is 0 Å². The molecule has 1 atom stereocenters. The number of hydrogen-bond acceptors (Lipinski definition) is 3. The number of carbonyl (C=O) groups excluding carboxylic acids is 1. The molecule has 0 radical (unpaired) electrons. The van der Waals surface area contributed by atoms with Crippen LogP contribution in [0.2, 0.25) is 0 Å². The molecule has 0 aromatic rings. The van der Waals surface area contributed by atoms with Gasteiger partial charge in [-0.1, -0.05) is 0 Å². The van der Waals surface area contributed by atoms with Crippen LogP contribution in [0.1, 0.15) is 13.3 Å². The van der Waals surface area contributed by atoms with Crippen LogP contribution in [0.5, 0.6) is 0 Å². The number of nitrogens with two attached hydrogens (primary N) is 1. The Balaban J connectivity index is 0. The Morgan fingerprint density at radius 1 is 1.54 bits per heavy atom. The third-order valence-electron chi connectivity index (χ3n) is 1.04. The molecule has 0 saturated carbocycles. The first-order valence-electron chi connectivity index (χ1n) is 3.35. The number of rotatable bonds is 3. The summed E-state index contributed by atoms with van der Waals surface area (Å²) in [4.78, 5) is 10.6. The molecule has 0 amide bonds. The third kappa shape index (κ3) is 7.86.